The van der Waals surface area contributed by atoms with Crippen LogP contribution in [-0.2, 0) is 9.59 Å². The molecule has 8 nitrogen and oxygen atoms in total. The normalized spacial score (nSPS) is 18.4. The highest BCUT2D eigenvalue weighted by Crippen LogP contribution is 2.37. The van der Waals surface area contributed by atoms with Crippen molar-refractivity contribution < 1.29 is 19.6 Å². The molecule has 1 aliphatic rings. The monoisotopic (exact) mass is 299 g/mol. The van der Waals surface area contributed by atoms with Crippen molar-refractivity contribution in [2.45, 2.75) is 6.42 Å². The van der Waals surface area contributed by atoms with Crippen LogP contribution in [0.25, 0.3) is 0 Å². The number of carboxylic acid groups (broad SMARTS) is 1. The fourth-order valence-corrected chi connectivity index (χ4v) is 2.29. The molecular formula is C11H10ClN3O5. The maximum absolute atomic E-state index is 11.8. The van der Waals surface area contributed by atoms with Gasteiger partial charge in [-0.15, -0.1) is 0 Å². The number of nitrogens with zero attached hydrogens (tertiary/aromatic N) is 2. The SMILES string of the molecule is Nc1cc(Cl)c([N+](=O)[O-])cc1N1CC(C(=O)O)CC1=O. The van der Waals surface area contributed by atoms with Gasteiger partial charge < -0.3 is 15.7 Å². The van der Waals surface area contributed by atoms with E-state index in [1.807, 2.05) is 0 Å². The molecular weight excluding hydrogens is 290 g/mol. The lowest BCUT2D eigenvalue weighted by Gasteiger charge is -2.18. The van der Waals surface area contributed by atoms with Crippen molar-refractivity contribution in [3.8, 4) is 0 Å². The summed E-state index contributed by atoms with van der Waals surface area (Å²) >= 11 is 5.70. The number of nitro groups is 1. The number of aliphatic carboxylic acids is 1. The van der Waals surface area contributed by atoms with Gasteiger partial charge in [0, 0.05) is 19.0 Å². The van der Waals surface area contributed by atoms with E-state index in [9.17, 15) is 19.7 Å². The Morgan fingerprint density at radius 2 is 2.20 bits per heavy atom. The van der Waals surface area contributed by atoms with E-state index < -0.39 is 22.7 Å². The molecule has 9 heteroatoms. The standard InChI is InChI=1S/C11H10ClN3O5/c12-6-2-7(13)9(3-8(6)15(19)20)14-4-5(11(17)18)1-10(14)16/h2-3,5H,1,4,13H2,(H,17,18). The van der Waals surface area contributed by atoms with E-state index in [1.54, 1.807) is 0 Å². The molecule has 0 spiro atoms. The Morgan fingerprint density at radius 1 is 1.55 bits per heavy atom. The lowest BCUT2D eigenvalue weighted by molar-refractivity contribution is -0.384. The summed E-state index contributed by atoms with van der Waals surface area (Å²) < 4.78 is 0. The first kappa shape index (κ1) is 14.1. The first-order valence-electron chi connectivity index (χ1n) is 5.58. The van der Waals surface area contributed by atoms with Crippen LogP contribution >= 0.6 is 11.6 Å². The topological polar surface area (TPSA) is 127 Å². The number of hydrogen-bond donors (Lipinski definition) is 2. The van der Waals surface area contributed by atoms with Gasteiger partial charge in [0.2, 0.25) is 5.91 Å². The van der Waals surface area contributed by atoms with Crippen LogP contribution in [0.1, 0.15) is 6.42 Å². The van der Waals surface area contributed by atoms with Crippen LogP contribution in [0.15, 0.2) is 12.1 Å². The number of nitrogen functional groups attached to an aromatic ring is 1. The minimum absolute atomic E-state index is 0.0723. The number of carboxylic acids is 1. The van der Waals surface area contributed by atoms with Crippen LogP contribution < -0.4 is 10.6 Å². The van der Waals surface area contributed by atoms with Gasteiger partial charge in [0.15, 0.2) is 0 Å². The molecule has 106 valence electrons. The molecule has 1 saturated heterocycles. The summed E-state index contributed by atoms with van der Waals surface area (Å²) in [5.41, 5.74) is 5.51. The molecule has 0 saturated carbocycles. The molecule has 1 aromatic carbocycles. The summed E-state index contributed by atoms with van der Waals surface area (Å²) in [5.74, 6) is -2.39. The van der Waals surface area contributed by atoms with Gasteiger partial charge in [-0.3, -0.25) is 19.7 Å². The van der Waals surface area contributed by atoms with Gasteiger partial charge in [-0.05, 0) is 6.07 Å². The van der Waals surface area contributed by atoms with Gasteiger partial charge in [-0.25, -0.2) is 0 Å². The summed E-state index contributed by atoms with van der Waals surface area (Å²) in [4.78, 5) is 34.0. The molecule has 0 aliphatic carbocycles. The smallest absolute Gasteiger partial charge is 0.308 e. The number of benzene rings is 1. The number of halogens is 1. The Bertz CT molecular complexity index is 618. The highest BCUT2D eigenvalue weighted by Gasteiger charge is 2.36. The third-order valence-corrected chi connectivity index (χ3v) is 3.36. The second-order valence-corrected chi connectivity index (χ2v) is 4.77. The predicted molar refractivity (Wildman–Crippen MR) is 70.6 cm³/mol. The molecule has 0 radical (unpaired) electrons. The lowest BCUT2D eigenvalue weighted by Crippen LogP contribution is -2.26. The van der Waals surface area contributed by atoms with Crippen molar-refractivity contribution in [1.82, 2.24) is 0 Å². The van der Waals surface area contributed by atoms with Crippen molar-refractivity contribution >= 4 is 40.5 Å². The Labute approximate surface area is 117 Å². The lowest BCUT2D eigenvalue weighted by atomic mass is 10.1. The number of carbonyl (C=O) groups is 2. The fraction of sp³-hybridized carbons (Fsp3) is 0.273. The number of rotatable bonds is 3. The molecule has 3 N–H and O–H groups in total. The first-order chi connectivity index (χ1) is 9.31. The minimum Gasteiger partial charge on any atom is -0.481 e. The van der Waals surface area contributed by atoms with E-state index in [0.717, 1.165) is 11.0 Å². The van der Waals surface area contributed by atoms with Crippen LogP contribution in [0.3, 0.4) is 0 Å². The van der Waals surface area contributed by atoms with Gasteiger partial charge in [-0.1, -0.05) is 11.6 Å². The zero-order chi connectivity index (χ0) is 15.0. The third kappa shape index (κ3) is 2.37. The molecule has 1 aromatic rings. The molecule has 1 heterocycles. The molecule has 1 amide bonds. The molecule has 1 atom stereocenters. The summed E-state index contributed by atoms with van der Waals surface area (Å²) in [5, 5.41) is 19.6. The maximum Gasteiger partial charge on any atom is 0.308 e. The maximum atomic E-state index is 11.8. The van der Waals surface area contributed by atoms with Crippen LogP contribution in [0.4, 0.5) is 17.1 Å². The van der Waals surface area contributed by atoms with Crippen molar-refractivity contribution in [2.24, 2.45) is 5.92 Å². The molecule has 0 bridgehead atoms. The number of carbonyl (C=O) groups excluding carboxylic acids is 1. The Kier molecular flexibility index (Phi) is 3.49. The van der Waals surface area contributed by atoms with Crippen LogP contribution in [-0.4, -0.2) is 28.5 Å². The van der Waals surface area contributed by atoms with Crippen molar-refractivity contribution in [3.63, 3.8) is 0 Å². The van der Waals surface area contributed by atoms with E-state index in [-0.39, 0.29) is 35.1 Å². The third-order valence-electron chi connectivity index (χ3n) is 3.06. The number of nitro benzene ring substituents is 1. The molecule has 1 fully saturated rings. The van der Waals surface area contributed by atoms with Crippen molar-refractivity contribution in [2.75, 3.05) is 17.2 Å². The average molecular weight is 300 g/mol. The van der Waals surface area contributed by atoms with Gasteiger partial charge in [0.05, 0.1) is 22.2 Å². The van der Waals surface area contributed by atoms with Gasteiger partial charge in [0.25, 0.3) is 5.69 Å². The second kappa shape index (κ2) is 4.97. The van der Waals surface area contributed by atoms with E-state index in [1.165, 1.54) is 6.07 Å². The Balaban J connectivity index is 2.43. The van der Waals surface area contributed by atoms with Crippen molar-refractivity contribution in [1.29, 1.82) is 0 Å². The van der Waals surface area contributed by atoms with Crippen LogP contribution in [0, 0.1) is 16.0 Å². The van der Waals surface area contributed by atoms with E-state index in [2.05, 4.69) is 0 Å². The Hall–Kier alpha value is -2.35. The zero-order valence-electron chi connectivity index (χ0n) is 10.1. The fourth-order valence-electron chi connectivity index (χ4n) is 2.05. The van der Waals surface area contributed by atoms with E-state index in [4.69, 9.17) is 22.4 Å². The number of nitrogens with two attached hydrogens (primary N) is 1. The Morgan fingerprint density at radius 3 is 2.70 bits per heavy atom. The summed E-state index contributed by atoms with van der Waals surface area (Å²) in [7, 11) is 0. The van der Waals surface area contributed by atoms with Crippen molar-refractivity contribution in [3.05, 3.63) is 27.3 Å². The van der Waals surface area contributed by atoms with Gasteiger partial charge in [0.1, 0.15) is 5.02 Å². The molecule has 1 aliphatic heterocycles. The van der Waals surface area contributed by atoms with Gasteiger partial charge >= 0.3 is 5.97 Å². The molecule has 20 heavy (non-hydrogen) atoms. The average Bonchev–Trinajstić information content (AvgIpc) is 2.71. The summed E-state index contributed by atoms with van der Waals surface area (Å²) in [6.45, 7) is -0.0723. The highest BCUT2D eigenvalue weighted by atomic mass is 35.5. The van der Waals surface area contributed by atoms with Crippen LogP contribution in [0.5, 0.6) is 0 Å². The van der Waals surface area contributed by atoms with E-state index >= 15 is 0 Å². The zero-order valence-corrected chi connectivity index (χ0v) is 10.8. The number of anilines is 2. The first-order valence-corrected chi connectivity index (χ1v) is 5.95. The largest absolute Gasteiger partial charge is 0.481 e. The molecule has 2 rings (SSSR count). The predicted octanol–water partition coefficient (Wildman–Crippen LogP) is 1.27. The van der Waals surface area contributed by atoms with Crippen LogP contribution in [0.2, 0.25) is 5.02 Å². The second-order valence-electron chi connectivity index (χ2n) is 4.36. The molecule has 0 aromatic heterocycles. The number of amides is 1. The molecule has 1 unspecified atom stereocenters. The highest BCUT2D eigenvalue weighted by molar-refractivity contribution is 6.33. The quantitative estimate of drug-likeness (QED) is 0.491. The summed E-state index contributed by atoms with van der Waals surface area (Å²) in [6.07, 6.45) is -0.162. The van der Waals surface area contributed by atoms with E-state index in [0.29, 0.717) is 0 Å². The van der Waals surface area contributed by atoms with Gasteiger partial charge in [-0.2, -0.15) is 0 Å². The summed E-state index contributed by atoms with van der Waals surface area (Å²) in [6, 6.07) is 2.26. The number of hydrogen-bond acceptors (Lipinski definition) is 5. The minimum atomic E-state index is -1.09.